The molecule has 0 aromatic heterocycles. The first-order valence-corrected chi connectivity index (χ1v) is 9.48. The van der Waals surface area contributed by atoms with E-state index in [0.29, 0.717) is 29.7 Å². The Morgan fingerprint density at radius 2 is 1.77 bits per heavy atom. The number of carbonyl (C=O) groups is 1. The highest BCUT2D eigenvalue weighted by atomic mass is 32.2. The summed E-state index contributed by atoms with van der Waals surface area (Å²) in [7, 11) is 0. The van der Waals surface area contributed by atoms with Gasteiger partial charge in [-0.1, -0.05) is 11.8 Å². The molecule has 138 valence electrons. The summed E-state index contributed by atoms with van der Waals surface area (Å²) in [4.78, 5) is 16.0. The van der Waals surface area contributed by atoms with E-state index in [0.717, 1.165) is 22.7 Å². The average molecular weight is 372 g/mol. The molecule has 26 heavy (non-hydrogen) atoms. The molecule has 0 atom stereocenters. The summed E-state index contributed by atoms with van der Waals surface area (Å²) in [6.45, 7) is 6.61. The number of hydrogen-bond donors (Lipinski definition) is 1. The van der Waals surface area contributed by atoms with Crippen molar-refractivity contribution in [2.75, 3.05) is 13.2 Å². The largest absolute Gasteiger partial charge is 0.494 e. The van der Waals surface area contributed by atoms with Crippen molar-refractivity contribution < 1.29 is 14.3 Å². The van der Waals surface area contributed by atoms with Crippen LogP contribution in [0.2, 0.25) is 0 Å². The standard InChI is InChI=1S/C20H24N2O3S/c1-4-24-18-9-7-17(8-10-18)22-20(21)26-13-16-12-15(14(3)23)6-11-19(16)25-5-2/h6-12H,4-5,13H2,1-3H3,(H2,21,22). The number of aliphatic imine (C=N–C) groups is 1. The first-order valence-electron chi connectivity index (χ1n) is 8.50. The Morgan fingerprint density at radius 1 is 1.08 bits per heavy atom. The van der Waals surface area contributed by atoms with E-state index in [-0.39, 0.29) is 5.78 Å². The van der Waals surface area contributed by atoms with Crippen LogP contribution in [0.15, 0.2) is 47.5 Å². The van der Waals surface area contributed by atoms with Crippen molar-refractivity contribution in [1.29, 1.82) is 0 Å². The number of thioether (sulfide) groups is 1. The highest BCUT2D eigenvalue weighted by Crippen LogP contribution is 2.26. The molecule has 0 fully saturated rings. The van der Waals surface area contributed by atoms with Gasteiger partial charge in [0.1, 0.15) is 11.5 Å². The molecule has 0 aliphatic carbocycles. The topological polar surface area (TPSA) is 73.9 Å². The quantitative estimate of drug-likeness (QED) is 0.417. The van der Waals surface area contributed by atoms with E-state index in [9.17, 15) is 4.79 Å². The minimum absolute atomic E-state index is 0.0234. The number of benzene rings is 2. The molecule has 0 aliphatic rings. The van der Waals surface area contributed by atoms with Crippen LogP contribution >= 0.6 is 11.8 Å². The third-order valence-electron chi connectivity index (χ3n) is 3.53. The molecule has 0 spiro atoms. The third kappa shape index (κ3) is 5.81. The molecule has 5 nitrogen and oxygen atoms in total. The number of nitrogens with zero attached hydrogens (tertiary/aromatic N) is 1. The zero-order valence-corrected chi connectivity index (χ0v) is 16.1. The van der Waals surface area contributed by atoms with Crippen molar-refractivity contribution in [3.05, 3.63) is 53.6 Å². The molecule has 0 amide bonds. The monoisotopic (exact) mass is 372 g/mol. The molecule has 6 heteroatoms. The average Bonchev–Trinajstić information content (AvgIpc) is 2.63. The van der Waals surface area contributed by atoms with Gasteiger partial charge in [-0.2, -0.15) is 0 Å². The van der Waals surface area contributed by atoms with Gasteiger partial charge in [0.05, 0.1) is 18.9 Å². The van der Waals surface area contributed by atoms with Gasteiger partial charge in [-0.05, 0) is 63.2 Å². The Hall–Kier alpha value is -2.47. The highest BCUT2D eigenvalue weighted by Gasteiger charge is 2.09. The number of hydrogen-bond acceptors (Lipinski definition) is 5. The van der Waals surface area contributed by atoms with Crippen molar-refractivity contribution >= 4 is 28.4 Å². The van der Waals surface area contributed by atoms with Crippen molar-refractivity contribution in [3.63, 3.8) is 0 Å². The summed E-state index contributed by atoms with van der Waals surface area (Å²) in [6, 6.07) is 12.9. The van der Waals surface area contributed by atoms with Crippen LogP contribution in [0, 0.1) is 0 Å². The first kappa shape index (κ1) is 19.8. The minimum Gasteiger partial charge on any atom is -0.494 e. The molecule has 0 heterocycles. The lowest BCUT2D eigenvalue weighted by atomic mass is 10.1. The van der Waals surface area contributed by atoms with Gasteiger partial charge in [0.2, 0.25) is 0 Å². The SMILES string of the molecule is CCOc1ccc(N=C(N)SCc2cc(C(C)=O)ccc2OCC)cc1. The third-order valence-corrected chi connectivity index (χ3v) is 4.37. The molecule has 0 aliphatic heterocycles. The fourth-order valence-electron chi connectivity index (χ4n) is 2.30. The van der Waals surface area contributed by atoms with Gasteiger partial charge in [-0.3, -0.25) is 4.79 Å². The molecule has 2 aromatic rings. The van der Waals surface area contributed by atoms with Gasteiger partial charge in [-0.15, -0.1) is 0 Å². The lowest BCUT2D eigenvalue weighted by Gasteiger charge is -2.11. The van der Waals surface area contributed by atoms with E-state index < -0.39 is 0 Å². The van der Waals surface area contributed by atoms with Gasteiger partial charge in [0.15, 0.2) is 11.0 Å². The minimum atomic E-state index is 0.0234. The maximum atomic E-state index is 11.6. The number of carbonyl (C=O) groups excluding carboxylic acids is 1. The summed E-state index contributed by atoms with van der Waals surface area (Å²) in [5.41, 5.74) is 8.39. The normalized spacial score (nSPS) is 11.3. The molecule has 0 radical (unpaired) electrons. The molecule has 2 aromatic carbocycles. The fourth-order valence-corrected chi connectivity index (χ4v) is 3.00. The summed E-state index contributed by atoms with van der Waals surface area (Å²) in [5, 5.41) is 0.449. The Bertz CT molecular complexity index is 773. The fraction of sp³-hybridized carbons (Fsp3) is 0.300. The summed E-state index contributed by atoms with van der Waals surface area (Å²) < 4.78 is 11.1. The molecule has 2 N–H and O–H groups in total. The lowest BCUT2D eigenvalue weighted by molar-refractivity contribution is 0.101. The van der Waals surface area contributed by atoms with Crippen molar-refractivity contribution in [2.24, 2.45) is 10.7 Å². The smallest absolute Gasteiger partial charge is 0.159 e. The lowest BCUT2D eigenvalue weighted by Crippen LogP contribution is -2.07. The van der Waals surface area contributed by atoms with E-state index in [4.69, 9.17) is 15.2 Å². The second-order valence-electron chi connectivity index (χ2n) is 5.48. The van der Waals surface area contributed by atoms with Crippen molar-refractivity contribution in [1.82, 2.24) is 0 Å². The van der Waals surface area contributed by atoms with E-state index in [1.165, 1.54) is 11.8 Å². The second kappa shape index (κ2) is 9.87. The summed E-state index contributed by atoms with van der Waals surface area (Å²) >= 11 is 1.40. The number of rotatable bonds is 8. The summed E-state index contributed by atoms with van der Waals surface area (Å²) in [6.07, 6.45) is 0. The Balaban J connectivity index is 2.08. The second-order valence-corrected chi connectivity index (χ2v) is 6.47. The van der Waals surface area contributed by atoms with Gasteiger partial charge >= 0.3 is 0 Å². The maximum absolute atomic E-state index is 11.6. The maximum Gasteiger partial charge on any atom is 0.159 e. The van der Waals surface area contributed by atoms with E-state index in [2.05, 4.69) is 4.99 Å². The molecule has 0 bridgehead atoms. The number of nitrogens with two attached hydrogens (primary N) is 1. The van der Waals surface area contributed by atoms with Crippen LogP contribution in [0.5, 0.6) is 11.5 Å². The zero-order chi connectivity index (χ0) is 18.9. The van der Waals surface area contributed by atoms with E-state index in [1.807, 2.05) is 50.2 Å². The molecular formula is C20H24N2O3S. The molecule has 0 unspecified atom stereocenters. The van der Waals surface area contributed by atoms with Crippen LogP contribution in [0.25, 0.3) is 0 Å². The van der Waals surface area contributed by atoms with Crippen LogP contribution in [-0.4, -0.2) is 24.2 Å². The summed E-state index contributed by atoms with van der Waals surface area (Å²) in [5.74, 6) is 2.16. The predicted molar refractivity (Wildman–Crippen MR) is 108 cm³/mol. The van der Waals surface area contributed by atoms with Crippen LogP contribution < -0.4 is 15.2 Å². The van der Waals surface area contributed by atoms with Crippen LogP contribution in [0.4, 0.5) is 5.69 Å². The van der Waals surface area contributed by atoms with Gasteiger partial charge in [0, 0.05) is 16.9 Å². The van der Waals surface area contributed by atoms with Crippen LogP contribution in [0.3, 0.4) is 0 Å². The molecule has 0 saturated heterocycles. The number of Topliss-reactive ketones (excluding diaryl/α,β-unsaturated/α-hetero) is 1. The van der Waals surface area contributed by atoms with Crippen LogP contribution in [0.1, 0.15) is 36.7 Å². The number of ether oxygens (including phenoxy) is 2. The van der Waals surface area contributed by atoms with Crippen molar-refractivity contribution in [2.45, 2.75) is 26.5 Å². The van der Waals surface area contributed by atoms with Crippen molar-refractivity contribution in [3.8, 4) is 11.5 Å². The Labute approximate surface area is 158 Å². The highest BCUT2D eigenvalue weighted by molar-refractivity contribution is 8.13. The van der Waals surface area contributed by atoms with E-state index >= 15 is 0 Å². The molecule has 2 rings (SSSR count). The molecular weight excluding hydrogens is 348 g/mol. The van der Waals surface area contributed by atoms with Gasteiger partial charge in [0.25, 0.3) is 0 Å². The Kier molecular flexibility index (Phi) is 7.53. The zero-order valence-electron chi connectivity index (χ0n) is 15.3. The van der Waals surface area contributed by atoms with E-state index in [1.54, 1.807) is 13.0 Å². The number of amidine groups is 1. The predicted octanol–water partition coefficient (Wildman–Crippen LogP) is 4.57. The number of ketones is 1. The van der Waals surface area contributed by atoms with Gasteiger partial charge < -0.3 is 15.2 Å². The molecule has 0 saturated carbocycles. The Morgan fingerprint density at radius 3 is 2.38 bits per heavy atom. The van der Waals surface area contributed by atoms with Crippen LogP contribution in [-0.2, 0) is 5.75 Å². The van der Waals surface area contributed by atoms with Gasteiger partial charge in [-0.25, -0.2) is 4.99 Å². The first-order chi connectivity index (χ1) is 12.5.